The molecule has 0 aliphatic heterocycles. The molecule has 0 radical (unpaired) electrons. The van der Waals surface area contributed by atoms with Gasteiger partial charge in [-0.2, -0.15) is 0 Å². The molecule has 2 aromatic carbocycles. The Kier molecular flexibility index (Phi) is 6.93. The smallest absolute Gasteiger partial charge is 0.269 e. The zero-order valence-corrected chi connectivity index (χ0v) is 15.3. The van der Waals surface area contributed by atoms with E-state index in [-0.39, 0.29) is 11.7 Å². The van der Waals surface area contributed by atoms with Gasteiger partial charge in [-0.15, -0.1) is 0 Å². The summed E-state index contributed by atoms with van der Waals surface area (Å²) < 4.78 is 23.8. The molecule has 0 aliphatic rings. The molecule has 2 rings (SSSR count). The van der Waals surface area contributed by atoms with Gasteiger partial charge in [-0.25, -0.2) is 4.39 Å². The minimum Gasteiger partial charge on any atom is -0.493 e. The van der Waals surface area contributed by atoms with E-state index in [0.717, 1.165) is 17.7 Å². The molecular weight excluding hydrogens is 351 g/mol. The molecular formula is C20H21FN2O4. The van der Waals surface area contributed by atoms with E-state index >= 15 is 0 Å². The van der Waals surface area contributed by atoms with Crippen molar-refractivity contribution in [2.24, 2.45) is 0 Å². The Balaban J connectivity index is 1.94. The SMILES string of the molecule is COc1cc(/C=C/C(=O)NNC(=O)c2ccc(F)cc2)ccc1OC(C)C. The molecule has 0 aliphatic carbocycles. The quantitative estimate of drug-likeness (QED) is 0.603. The molecule has 0 heterocycles. The molecule has 0 unspecified atom stereocenters. The van der Waals surface area contributed by atoms with Crippen LogP contribution in [0.15, 0.2) is 48.5 Å². The number of nitrogens with one attached hydrogen (secondary N) is 2. The van der Waals surface area contributed by atoms with Crippen LogP contribution < -0.4 is 20.3 Å². The number of rotatable bonds is 6. The monoisotopic (exact) mass is 372 g/mol. The van der Waals surface area contributed by atoms with Crippen molar-refractivity contribution >= 4 is 17.9 Å². The van der Waals surface area contributed by atoms with E-state index < -0.39 is 17.6 Å². The lowest BCUT2D eigenvalue weighted by Gasteiger charge is -2.13. The maximum Gasteiger partial charge on any atom is 0.269 e. The van der Waals surface area contributed by atoms with Crippen molar-refractivity contribution in [3.63, 3.8) is 0 Å². The van der Waals surface area contributed by atoms with Crippen LogP contribution in [0.3, 0.4) is 0 Å². The molecule has 0 spiro atoms. The number of methoxy groups -OCH3 is 1. The summed E-state index contributed by atoms with van der Waals surface area (Å²) in [7, 11) is 1.54. The van der Waals surface area contributed by atoms with Gasteiger partial charge in [0.15, 0.2) is 11.5 Å². The van der Waals surface area contributed by atoms with Crippen LogP contribution in [0.25, 0.3) is 6.08 Å². The first-order valence-corrected chi connectivity index (χ1v) is 8.27. The highest BCUT2D eigenvalue weighted by molar-refractivity contribution is 5.97. The fourth-order valence-corrected chi connectivity index (χ4v) is 2.14. The van der Waals surface area contributed by atoms with Crippen molar-refractivity contribution in [2.45, 2.75) is 20.0 Å². The first kappa shape index (κ1) is 20.0. The van der Waals surface area contributed by atoms with E-state index in [1.165, 1.54) is 25.3 Å². The normalized spacial score (nSPS) is 10.7. The number of carbonyl (C=O) groups excluding carboxylic acids is 2. The second-order valence-corrected chi connectivity index (χ2v) is 5.86. The number of benzene rings is 2. The van der Waals surface area contributed by atoms with E-state index in [1.807, 2.05) is 13.8 Å². The average molecular weight is 372 g/mol. The molecule has 0 atom stereocenters. The Labute approximate surface area is 157 Å². The molecule has 0 saturated heterocycles. The average Bonchev–Trinajstić information content (AvgIpc) is 2.65. The Morgan fingerprint density at radius 1 is 1.04 bits per heavy atom. The van der Waals surface area contributed by atoms with E-state index in [4.69, 9.17) is 9.47 Å². The molecule has 27 heavy (non-hydrogen) atoms. The Morgan fingerprint density at radius 3 is 2.37 bits per heavy atom. The van der Waals surface area contributed by atoms with Crippen LogP contribution in [-0.4, -0.2) is 25.0 Å². The van der Waals surface area contributed by atoms with Gasteiger partial charge >= 0.3 is 0 Å². The second kappa shape index (κ2) is 9.38. The summed E-state index contributed by atoms with van der Waals surface area (Å²) in [5.41, 5.74) is 5.46. The summed E-state index contributed by atoms with van der Waals surface area (Å²) >= 11 is 0. The molecule has 0 bridgehead atoms. The highest BCUT2D eigenvalue weighted by Crippen LogP contribution is 2.29. The van der Waals surface area contributed by atoms with Crippen LogP contribution in [0.2, 0.25) is 0 Å². The summed E-state index contributed by atoms with van der Waals surface area (Å²) in [5.74, 6) is -0.351. The fraction of sp³-hybridized carbons (Fsp3) is 0.200. The third-order valence-corrected chi connectivity index (χ3v) is 3.38. The van der Waals surface area contributed by atoms with Crippen molar-refractivity contribution < 1.29 is 23.5 Å². The van der Waals surface area contributed by atoms with E-state index in [9.17, 15) is 14.0 Å². The number of carbonyl (C=O) groups is 2. The number of hydrogen-bond donors (Lipinski definition) is 2. The van der Waals surface area contributed by atoms with Crippen LogP contribution in [0, 0.1) is 5.82 Å². The molecule has 2 aromatic rings. The fourth-order valence-electron chi connectivity index (χ4n) is 2.14. The predicted octanol–water partition coefficient (Wildman–Crippen LogP) is 3.10. The van der Waals surface area contributed by atoms with Crippen molar-refractivity contribution in [1.82, 2.24) is 10.9 Å². The van der Waals surface area contributed by atoms with Gasteiger partial charge in [-0.05, 0) is 61.9 Å². The predicted molar refractivity (Wildman–Crippen MR) is 99.8 cm³/mol. The van der Waals surface area contributed by atoms with Gasteiger partial charge < -0.3 is 9.47 Å². The topological polar surface area (TPSA) is 76.7 Å². The lowest BCUT2D eigenvalue weighted by Crippen LogP contribution is -2.40. The lowest BCUT2D eigenvalue weighted by molar-refractivity contribution is -0.117. The van der Waals surface area contributed by atoms with E-state index in [0.29, 0.717) is 11.5 Å². The van der Waals surface area contributed by atoms with Crippen molar-refractivity contribution in [2.75, 3.05) is 7.11 Å². The highest BCUT2D eigenvalue weighted by atomic mass is 19.1. The molecule has 7 heteroatoms. The summed E-state index contributed by atoms with van der Waals surface area (Å²) in [5, 5.41) is 0. The third kappa shape index (κ3) is 6.14. The number of ether oxygens (including phenoxy) is 2. The first-order chi connectivity index (χ1) is 12.9. The lowest BCUT2D eigenvalue weighted by atomic mass is 10.2. The summed E-state index contributed by atoms with van der Waals surface area (Å²) in [6.45, 7) is 3.83. The van der Waals surface area contributed by atoms with E-state index in [2.05, 4.69) is 10.9 Å². The Hall–Kier alpha value is -3.35. The second-order valence-electron chi connectivity index (χ2n) is 5.86. The summed E-state index contributed by atoms with van der Waals surface area (Å²) in [6, 6.07) is 10.2. The number of amides is 2. The van der Waals surface area contributed by atoms with Gasteiger partial charge in [0, 0.05) is 11.6 Å². The molecule has 6 nitrogen and oxygen atoms in total. The molecule has 142 valence electrons. The van der Waals surface area contributed by atoms with Crippen molar-refractivity contribution in [3.8, 4) is 11.5 Å². The van der Waals surface area contributed by atoms with Crippen LogP contribution in [0.4, 0.5) is 4.39 Å². The molecule has 2 amide bonds. The number of halogens is 1. The van der Waals surface area contributed by atoms with Gasteiger partial charge in [0.2, 0.25) is 0 Å². The standard InChI is InChI=1S/C20H21FN2O4/c1-13(2)27-17-10-4-14(12-18(17)26-3)5-11-19(24)22-23-20(25)15-6-8-16(21)9-7-15/h4-13H,1-3H3,(H,22,24)(H,23,25)/b11-5+. The van der Waals surface area contributed by atoms with Gasteiger partial charge in [-0.3, -0.25) is 20.4 Å². The zero-order valence-electron chi connectivity index (χ0n) is 15.3. The number of hydrogen-bond acceptors (Lipinski definition) is 4. The van der Waals surface area contributed by atoms with Gasteiger partial charge in [0.1, 0.15) is 5.82 Å². The Bertz CT molecular complexity index is 832. The highest BCUT2D eigenvalue weighted by Gasteiger charge is 2.08. The summed E-state index contributed by atoms with van der Waals surface area (Å²) in [4.78, 5) is 23.7. The van der Waals surface area contributed by atoms with Crippen molar-refractivity contribution in [1.29, 1.82) is 0 Å². The number of hydrazine groups is 1. The maximum absolute atomic E-state index is 12.8. The molecule has 0 saturated carbocycles. The minimum absolute atomic E-state index is 0.00999. The van der Waals surface area contributed by atoms with Crippen molar-refractivity contribution in [3.05, 3.63) is 65.5 Å². The van der Waals surface area contributed by atoms with Crippen LogP contribution >= 0.6 is 0 Å². The molecule has 2 N–H and O–H groups in total. The molecule has 0 fully saturated rings. The maximum atomic E-state index is 12.8. The van der Waals surface area contributed by atoms with E-state index in [1.54, 1.807) is 24.3 Å². The Morgan fingerprint density at radius 2 is 1.74 bits per heavy atom. The zero-order chi connectivity index (χ0) is 19.8. The molecule has 0 aromatic heterocycles. The van der Waals surface area contributed by atoms with Crippen LogP contribution in [0.5, 0.6) is 11.5 Å². The van der Waals surface area contributed by atoms with Gasteiger partial charge in [0.25, 0.3) is 11.8 Å². The van der Waals surface area contributed by atoms with Gasteiger partial charge in [0.05, 0.1) is 13.2 Å². The first-order valence-electron chi connectivity index (χ1n) is 8.27. The largest absolute Gasteiger partial charge is 0.493 e. The summed E-state index contributed by atoms with van der Waals surface area (Å²) in [6.07, 6.45) is 2.85. The van der Waals surface area contributed by atoms with Crippen LogP contribution in [-0.2, 0) is 4.79 Å². The van der Waals surface area contributed by atoms with Gasteiger partial charge in [-0.1, -0.05) is 6.07 Å². The third-order valence-electron chi connectivity index (χ3n) is 3.38. The minimum atomic E-state index is -0.548. The van der Waals surface area contributed by atoms with Crippen LogP contribution in [0.1, 0.15) is 29.8 Å².